The summed E-state index contributed by atoms with van der Waals surface area (Å²) in [5, 5.41) is 3.22. The Bertz CT molecular complexity index is 498. The minimum Gasteiger partial charge on any atom is -0.466 e. The van der Waals surface area contributed by atoms with E-state index in [0.717, 1.165) is 11.0 Å². The summed E-state index contributed by atoms with van der Waals surface area (Å²) in [6.45, 7) is 2.71. The Kier molecular flexibility index (Phi) is 3.97. The zero-order valence-electron chi connectivity index (χ0n) is 9.41. The van der Waals surface area contributed by atoms with Crippen molar-refractivity contribution in [1.29, 1.82) is 0 Å². The van der Waals surface area contributed by atoms with E-state index in [1.165, 1.54) is 6.07 Å². The van der Waals surface area contributed by atoms with Crippen LogP contribution in [0.3, 0.4) is 0 Å². The number of hydrogen-bond donors (Lipinski definition) is 1. The lowest BCUT2D eigenvalue weighted by atomic mass is 10.0. The molecule has 1 aromatic carbocycles. The van der Waals surface area contributed by atoms with Crippen molar-refractivity contribution in [2.75, 3.05) is 6.54 Å². The Labute approximate surface area is 108 Å². The first-order chi connectivity index (χ1) is 8.24. The average Bonchev–Trinajstić information content (AvgIpc) is 2.74. The monoisotopic (exact) mass is 297 g/mol. The van der Waals surface area contributed by atoms with Gasteiger partial charge < -0.3 is 9.73 Å². The first-order valence-electron chi connectivity index (χ1n) is 5.44. The van der Waals surface area contributed by atoms with E-state index >= 15 is 0 Å². The van der Waals surface area contributed by atoms with Crippen molar-refractivity contribution >= 4 is 15.9 Å². The van der Waals surface area contributed by atoms with Crippen LogP contribution in [0.1, 0.15) is 24.3 Å². The zero-order valence-corrected chi connectivity index (χ0v) is 11.0. The molecular formula is C13H13BrFNO. The van der Waals surface area contributed by atoms with Gasteiger partial charge >= 0.3 is 0 Å². The van der Waals surface area contributed by atoms with Crippen LogP contribution in [0.2, 0.25) is 0 Å². The minimum atomic E-state index is -0.273. The molecule has 2 rings (SSSR count). The van der Waals surface area contributed by atoms with E-state index in [9.17, 15) is 4.39 Å². The Balaban J connectivity index is 2.43. The summed E-state index contributed by atoms with van der Waals surface area (Å²) in [4.78, 5) is 0. The summed E-state index contributed by atoms with van der Waals surface area (Å²) < 4.78 is 20.0. The van der Waals surface area contributed by atoms with Gasteiger partial charge in [0.15, 0.2) is 0 Å². The lowest BCUT2D eigenvalue weighted by molar-refractivity contribution is 0.439. The molecule has 0 aliphatic carbocycles. The average molecular weight is 298 g/mol. The van der Waals surface area contributed by atoms with Gasteiger partial charge in [-0.15, -0.1) is 0 Å². The maximum Gasteiger partial charge on any atom is 0.139 e. The van der Waals surface area contributed by atoms with E-state index in [4.69, 9.17) is 4.42 Å². The van der Waals surface area contributed by atoms with Crippen LogP contribution in [0, 0.1) is 5.82 Å². The molecule has 1 heterocycles. The second kappa shape index (κ2) is 5.47. The quantitative estimate of drug-likeness (QED) is 0.926. The van der Waals surface area contributed by atoms with Crippen molar-refractivity contribution in [3.8, 4) is 0 Å². The van der Waals surface area contributed by atoms with Crippen molar-refractivity contribution in [2.45, 2.75) is 13.0 Å². The van der Waals surface area contributed by atoms with Crippen LogP contribution in [0.4, 0.5) is 4.39 Å². The highest BCUT2D eigenvalue weighted by Gasteiger charge is 2.21. The van der Waals surface area contributed by atoms with Crippen LogP contribution in [0.15, 0.2) is 45.5 Å². The molecule has 90 valence electrons. The molecule has 0 saturated heterocycles. The summed E-state index contributed by atoms with van der Waals surface area (Å²) in [6.07, 6.45) is 1.59. The standard InChI is InChI=1S/C13H13BrFNO/c1-2-16-12(13-10(14)7-8-17-13)9-5-3-4-6-11(9)15/h3-8,12,16H,2H2,1H3. The maximum absolute atomic E-state index is 13.8. The number of nitrogens with one attached hydrogen (secondary N) is 1. The largest absolute Gasteiger partial charge is 0.466 e. The summed E-state index contributed by atoms with van der Waals surface area (Å²) in [5.74, 6) is 0.457. The fourth-order valence-electron chi connectivity index (χ4n) is 1.77. The first-order valence-corrected chi connectivity index (χ1v) is 6.24. The molecule has 0 bridgehead atoms. The Morgan fingerprint density at radius 1 is 1.35 bits per heavy atom. The molecule has 1 atom stereocenters. The van der Waals surface area contributed by atoms with Crippen molar-refractivity contribution in [2.24, 2.45) is 0 Å². The van der Waals surface area contributed by atoms with Gasteiger partial charge in [-0.05, 0) is 34.6 Å². The highest BCUT2D eigenvalue weighted by Crippen LogP contribution is 2.30. The third-order valence-corrected chi connectivity index (χ3v) is 3.19. The smallest absolute Gasteiger partial charge is 0.139 e. The van der Waals surface area contributed by atoms with Gasteiger partial charge in [0, 0.05) is 5.56 Å². The molecule has 1 aromatic heterocycles. The van der Waals surface area contributed by atoms with Crippen LogP contribution in [0.5, 0.6) is 0 Å². The molecule has 0 spiro atoms. The predicted molar refractivity (Wildman–Crippen MR) is 68.3 cm³/mol. The topological polar surface area (TPSA) is 25.2 Å². The molecule has 4 heteroatoms. The van der Waals surface area contributed by atoms with Crippen molar-refractivity contribution in [1.82, 2.24) is 5.32 Å². The summed E-state index contributed by atoms with van der Waals surface area (Å²) in [6, 6.07) is 8.25. The third-order valence-electron chi connectivity index (χ3n) is 2.53. The Morgan fingerprint density at radius 3 is 2.71 bits per heavy atom. The van der Waals surface area contributed by atoms with Crippen molar-refractivity contribution in [3.63, 3.8) is 0 Å². The normalized spacial score (nSPS) is 12.6. The van der Waals surface area contributed by atoms with Crippen LogP contribution >= 0.6 is 15.9 Å². The molecule has 17 heavy (non-hydrogen) atoms. The summed E-state index contributed by atoms with van der Waals surface area (Å²) in [7, 11) is 0. The molecule has 1 unspecified atom stereocenters. The van der Waals surface area contributed by atoms with Gasteiger partial charge in [0.2, 0.25) is 0 Å². The summed E-state index contributed by atoms with van der Waals surface area (Å²) in [5.41, 5.74) is 0.588. The van der Waals surface area contributed by atoms with Gasteiger partial charge in [-0.25, -0.2) is 4.39 Å². The number of halogens is 2. The second-order valence-corrected chi connectivity index (χ2v) is 4.50. The predicted octanol–water partition coefficient (Wildman–Crippen LogP) is 3.88. The van der Waals surface area contributed by atoms with Crippen LogP contribution < -0.4 is 5.32 Å². The van der Waals surface area contributed by atoms with Crippen LogP contribution in [-0.4, -0.2) is 6.54 Å². The first kappa shape index (κ1) is 12.3. The lowest BCUT2D eigenvalue weighted by Crippen LogP contribution is -2.22. The fourth-order valence-corrected chi connectivity index (χ4v) is 2.20. The fraction of sp³-hybridized carbons (Fsp3) is 0.231. The molecule has 0 aliphatic rings. The van der Waals surface area contributed by atoms with Gasteiger partial charge in [0.05, 0.1) is 16.8 Å². The number of benzene rings is 1. The highest BCUT2D eigenvalue weighted by atomic mass is 79.9. The molecule has 0 radical (unpaired) electrons. The second-order valence-electron chi connectivity index (χ2n) is 3.64. The third kappa shape index (κ3) is 2.58. The zero-order chi connectivity index (χ0) is 12.3. The van der Waals surface area contributed by atoms with Gasteiger partial charge in [-0.2, -0.15) is 0 Å². The van der Waals surface area contributed by atoms with Crippen LogP contribution in [0.25, 0.3) is 0 Å². The Hall–Kier alpha value is -1.13. The van der Waals surface area contributed by atoms with Gasteiger partial charge in [-0.1, -0.05) is 25.1 Å². The lowest BCUT2D eigenvalue weighted by Gasteiger charge is -2.17. The van der Waals surface area contributed by atoms with Crippen molar-refractivity contribution < 1.29 is 8.81 Å². The van der Waals surface area contributed by atoms with Crippen LogP contribution in [-0.2, 0) is 0 Å². The van der Waals surface area contributed by atoms with E-state index in [1.54, 1.807) is 24.5 Å². The molecule has 1 N–H and O–H groups in total. The van der Waals surface area contributed by atoms with E-state index in [2.05, 4.69) is 21.2 Å². The van der Waals surface area contributed by atoms with Gasteiger partial charge in [0.25, 0.3) is 0 Å². The summed E-state index contributed by atoms with van der Waals surface area (Å²) >= 11 is 3.40. The molecule has 0 amide bonds. The molecule has 2 aromatic rings. The van der Waals surface area contributed by atoms with Gasteiger partial charge in [0.1, 0.15) is 11.6 Å². The minimum absolute atomic E-state index is 0.234. The van der Waals surface area contributed by atoms with E-state index in [1.807, 2.05) is 13.0 Å². The molecular weight excluding hydrogens is 285 g/mol. The molecule has 0 aliphatic heterocycles. The SMILES string of the molecule is CCNC(c1ccccc1F)c1occc1Br. The van der Waals surface area contributed by atoms with E-state index < -0.39 is 0 Å². The molecule has 0 saturated carbocycles. The highest BCUT2D eigenvalue weighted by molar-refractivity contribution is 9.10. The number of hydrogen-bond acceptors (Lipinski definition) is 2. The van der Waals surface area contributed by atoms with E-state index in [-0.39, 0.29) is 11.9 Å². The van der Waals surface area contributed by atoms with Gasteiger partial charge in [-0.3, -0.25) is 0 Å². The maximum atomic E-state index is 13.8. The number of rotatable bonds is 4. The Morgan fingerprint density at radius 2 is 2.12 bits per heavy atom. The van der Waals surface area contributed by atoms with Crippen molar-refractivity contribution in [3.05, 3.63) is 58.2 Å². The number of furan rings is 1. The van der Waals surface area contributed by atoms with E-state index in [0.29, 0.717) is 11.3 Å². The molecule has 0 fully saturated rings. The molecule has 2 nitrogen and oxygen atoms in total.